The molecule has 0 N–H and O–H groups in total. The van der Waals surface area contributed by atoms with Gasteiger partial charge in [0.25, 0.3) is 6.47 Å². The molecule has 0 radical (unpaired) electrons. The first-order chi connectivity index (χ1) is 6.30. The van der Waals surface area contributed by atoms with Gasteiger partial charge in [0.2, 0.25) is 0 Å². The summed E-state index contributed by atoms with van der Waals surface area (Å²) < 4.78 is 5.36. The van der Waals surface area contributed by atoms with E-state index in [1.54, 1.807) is 0 Å². The molecule has 2 nitrogen and oxygen atoms in total. The van der Waals surface area contributed by atoms with Gasteiger partial charge in [0.05, 0.1) is 0 Å². The van der Waals surface area contributed by atoms with E-state index in [2.05, 4.69) is 0 Å². The molecule has 0 unspecified atom stereocenters. The van der Waals surface area contributed by atoms with Crippen LogP contribution in [0, 0.1) is 17.8 Å². The molecule has 0 aromatic rings. The van der Waals surface area contributed by atoms with Gasteiger partial charge in [-0.3, -0.25) is 4.79 Å². The first-order valence-electron chi connectivity index (χ1n) is 5.41. The number of rotatable bonds is 2. The van der Waals surface area contributed by atoms with Crippen molar-refractivity contribution in [3.8, 4) is 0 Å². The van der Waals surface area contributed by atoms with Gasteiger partial charge < -0.3 is 4.74 Å². The average molecular weight is 287 g/mol. The summed E-state index contributed by atoms with van der Waals surface area (Å²) in [5.74, 6) is 2.60. The van der Waals surface area contributed by atoms with Crippen molar-refractivity contribution in [3.63, 3.8) is 0 Å². The summed E-state index contributed by atoms with van der Waals surface area (Å²) in [7, 11) is 0. The Morgan fingerprint density at radius 1 is 1.00 bits per heavy atom. The number of hydrogen-bond acceptors (Lipinski definition) is 2. The van der Waals surface area contributed by atoms with E-state index in [1.807, 2.05) is 0 Å². The van der Waals surface area contributed by atoms with Crippen LogP contribution in [-0.4, -0.2) is 12.1 Å². The molecule has 4 fully saturated rings. The second-order valence-electron chi connectivity index (χ2n) is 5.31. The Morgan fingerprint density at radius 2 is 1.43 bits per heavy atom. The maximum absolute atomic E-state index is 10.5. The third-order valence-electron chi connectivity index (χ3n) is 4.28. The third kappa shape index (κ3) is 1.55. The molecule has 4 rings (SSSR count). The van der Waals surface area contributed by atoms with Crippen molar-refractivity contribution in [1.82, 2.24) is 0 Å². The molecule has 82 valence electrons. The molecule has 3 heteroatoms. The van der Waals surface area contributed by atoms with Crippen molar-refractivity contribution < 1.29 is 30.0 Å². The van der Waals surface area contributed by atoms with Crippen LogP contribution in [0.3, 0.4) is 0 Å². The van der Waals surface area contributed by atoms with Gasteiger partial charge in [-0.1, -0.05) is 0 Å². The molecule has 0 aliphatic heterocycles. The fourth-order valence-corrected chi connectivity index (χ4v) is 4.28. The van der Waals surface area contributed by atoms with Crippen LogP contribution in [0.1, 0.15) is 38.5 Å². The number of ether oxygens (including phenoxy) is 1. The molecule has 0 spiro atoms. The van der Waals surface area contributed by atoms with Crippen molar-refractivity contribution in [3.05, 3.63) is 0 Å². The van der Waals surface area contributed by atoms with E-state index in [1.165, 1.54) is 19.3 Å². The summed E-state index contributed by atoms with van der Waals surface area (Å²) in [6.07, 6.45) is 7.66. The van der Waals surface area contributed by atoms with Crippen LogP contribution >= 0.6 is 0 Å². The van der Waals surface area contributed by atoms with Gasteiger partial charge in [0.1, 0.15) is 5.60 Å². The molecule has 14 heavy (non-hydrogen) atoms. The van der Waals surface area contributed by atoms with Crippen molar-refractivity contribution in [2.24, 2.45) is 17.8 Å². The summed E-state index contributed by atoms with van der Waals surface area (Å²) in [5.41, 5.74) is -0.0174. The van der Waals surface area contributed by atoms with Crippen molar-refractivity contribution >= 4 is 6.47 Å². The van der Waals surface area contributed by atoms with Crippen LogP contribution in [0.25, 0.3) is 0 Å². The minimum Gasteiger partial charge on any atom is -0.461 e. The molecule has 0 saturated heterocycles. The molecule has 4 aliphatic carbocycles. The van der Waals surface area contributed by atoms with Crippen molar-refractivity contribution in [2.45, 2.75) is 44.1 Å². The fraction of sp³-hybridized carbons (Fsp3) is 0.909. The average Bonchev–Trinajstić information content (AvgIpc) is 2.00. The number of carbonyl (C=O) groups is 1. The minimum atomic E-state index is -0.0174. The van der Waals surface area contributed by atoms with E-state index in [0.29, 0.717) is 6.47 Å². The van der Waals surface area contributed by atoms with Crippen LogP contribution in [0.4, 0.5) is 0 Å². The first kappa shape index (κ1) is 10.6. The predicted octanol–water partition coefficient (Wildman–Crippen LogP) is 2.13. The van der Waals surface area contributed by atoms with E-state index >= 15 is 0 Å². The zero-order valence-corrected chi connectivity index (χ0v) is 9.74. The van der Waals surface area contributed by atoms with Gasteiger partial charge in [-0.15, -0.1) is 0 Å². The summed E-state index contributed by atoms with van der Waals surface area (Å²) in [6, 6.07) is 0. The molecule has 0 aromatic heterocycles. The van der Waals surface area contributed by atoms with Crippen molar-refractivity contribution in [1.29, 1.82) is 0 Å². The van der Waals surface area contributed by atoms with Gasteiger partial charge in [-0.05, 0) is 56.3 Å². The van der Waals surface area contributed by atoms with E-state index in [-0.39, 0.29) is 26.0 Å². The molecular weight excluding hydrogens is 271 g/mol. The molecule has 0 heterocycles. The smallest absolute Gasteiger partial charge is 0.293 e. The van der Waals surface area contributed by atoms with Gasteiger partial charge >= 0.3 is 0 Å². The largest absolute Gasteiger partial charge is 0.461 e. The maximum atomic E-state index is 10.5. The zero-order chi connectivity index (χ0) is 8.89. The Hall–Kier alpha value is 0.132. The molecular formula is C11H16O2Pd. The monoisotopic (exact) mass is 286 g/mol. The summed E-state index contributed by atoms with van der Waals surface area (Å²) >= 11 is 0. The number of carbonyl (C=O) groups excluding carboxylic acids is 1. The Morgan fingerprint density at radius 3 is 1.79 bits per heavy atom. The summed E-state index contributed by atoms with van der Waals surface area (Å²) in [4.78, 5) is 10.5. The van der Waals surface area contributed by atoms with Crippen molar-refractivity contribution in [2.75, 3.05) is 0 Å². The van der Waals surface area contributed by atoms with Gasteiger partial charge in [0.15, 0.2) is 0 Å². The first-order valence-corrected chi connectivity index (χ1v) is 5.41. The number of hydrogen-bond donors (Lipinski definition) is 0. The Kier molecular flexibility index (Phi) is 2.75. The Balaban J connectivity index is 0.000000750. The van der Waals surface area contributed by atoms with E-state index in [0.717, 1.165) is 37.0 Å². The van der Waals surface area contributed by atoms with Gasteiger partial charge in [0, 0.05) is 20.4 Å². The second kappa shape index (κ2) is 3.61. The minimum absolute atomic E-state index is 0. The molecule has 0 aromatic carbocycles. The summed E-state index contributed by atoms with van der Waals surface area (Å²) in [6.45, 7) is 0.674. The van der Waals surface area contributed by atoms with E-state index in [9.17, 15) is 4.79 Å². The standard InChI is InChI=1S/C11H16O2.Pd/c12-7-13-11-4-8-1-9(5-11)3-10(2-8)6-11;/h7-10H,1-6H2;. The molecule has 4 aliphatic rings. The fourth-order valence-electron chi connectivity index (χ4n) is 4.28. The summed E-state index contributed by atoms with van der Waals surface area (Å²) in [5, 5.41) is 0. The molecule has 0 amide bonds. The molecule has 0 atom stereocenters. The van der Waals surface area contributed by atoms with Crippen LogP contribution in [0.5, 0.6) is 0 Å². The zero-order valence-electron chi connectivity index (χ0n) is 8.18. The normalized spacial score (nSPS) is 48.4. The van der Waals surface area contributed by atoms with Gasteiger partial charge in [-0.2, -0.15) is 0 Å². The van der Waals surface area contributed by atoms with Gasteiger partial charge in [-0.25, -0.2) is 0 Å². The maximum Gasteiger partial charge on any atom is 0.293 e. The SMILES string of the molecule is O=COC12CC3CC(CC(C3)C1)C2.[Pd]. The van der Waals surface area contributed by atoms with E-state index in [4.69, 9.17) is 4.74 Å². The molecule has 4 saturated carbocycles. The Bertz CT molecular complexity index is 204. The van der Waals surface area contributed by atoms with Crippen LogP contribution in [0.2, 0.25) is 0 Å². The second-order valence-corrected chi connectivity index (χ2v) is 5.31. The molecule has 4 bridgehead atoms. The predicted molar refractivity (Wildman–Crippen MR) is 48.1 cm³/mol. The quantitative estimate of drug-likeness (QED) is 0.574. The van der Waals surface area contributed by atoms with Crippen LogP contribution in [-0.2, 0) is 30.0 Å². The van der Waals surface area contributed by atoms with Crippen LogP contribution in [0.15, 0.2) is 0 Å². The Labute approximate surface area is 98.4 Å². The van der Waals surface area contributed by atoms with Crippen LogP contribution < -0.4 is 0 Å². The third-order valence-corrected chi connectivity index (χ3v) is 4.28. The topological polar surface area (TPSA) is 26.3 Å². The van der Waals surface area contributed by atoms with E-state index < -0.39 is 0 Å².